The summed E-state index contributed by atoms with van der Waals surface area (Å²) in [4.78, 5) is 11.7. The Balaban J connectivity index is 2.14. The van der Waals surface area contributed by atoms with Crippen molar-refractivity contribution in [2.75, 3.05) is 14.2 Å². The van der Waals surface area contributed by atoms with Gasteiger partial charge in [-0.3, -0.25) is 0 Å². The van der Waals surface area contributed by atoms with Crippen molar-refractivity contribution in [2.24, 2.45) is 0 Å². The molecule has 0 aliphatic heterocycles. The van der Waals surface area contributed by atoms with Crippen LogP contribution >= 0.6 is 22.6 Å². The molecule has 0 amide bonds. The number of hydrogen-bond donors (Lipinski definition) is 0. The SMILES string of the molecule is COC(=O)c1ccc(I)cc1OCc1ccc(OC)cc1. The molecule has 0 aromatic heterocycles. The van der Waals surface area contributed by atoms with E-state index in [0.717, 1.165) is 14.9 Å². The summed E-state index contributed by atoms with van der Waals surface area (Å²) in [6.45, 7) is 0.369. The van der Waals surface area contributed by atoms with Crippen molar-refractivity contribution >= 4 is 28.6 Å². The number of ether oxygens (including phenoxy) is 3. The van der Waals surface area contributed by atoms with Crippen molar-refractivity contribution in [2.45, 2.75) is 6.61 Å². The summed E-state index contributed by atoms with van der Waals surface area (Å²) in [5.41, 5.74) is 1.41. The van der Waals surface area contributed by atoms with Crippen molar-refractivity contribution in [1.82, 2.24) is 0 Å². The second-order valence-corrected chi connectivity index (χ2v) is 5.51. The Morgan fingerprint density at radius 3 is 2.43 bits per heavy atom. The molecule has 0 saturated heterocycles. The molecule has 0 atom stereocenters. The highest BCUT2D eigenvalue weighted by atomic mass is 127. The molecule has 0 N–H and O–H groups in total. The maximum Gasteiger partial charge on any atom is 0.341 e. The van der Waals surface area contributed by atoms with Gasteiger partial charge in [-0.1, -0.05) is 12.1 Å². The van der Waals surface area contributed by atoms with Gasteiger partial charge in [-0.25, -0.2) is 4.79 Å². The summed E-state index contributed by atoms with van der Waals surface area (Å²) in [5, 5.41) is 0. The topological polar surface area (TPSA) is 44.8 Å². The van der Waals surface area contributed by atoms with Crippen LogP contribution in [0.1, 0.15) is 15.9 Å². The van der Waals surface area contributed by atoms with Crippen LogP contribution in [0, 0.1) is 3.57 Å². The maximum absolute atomic E-state index is 11.7. The van der Waals surface area contributed by atoms with Gasteiger partial charge < -0.3 is 14.2 Å². The molecule has 2 aromatic rings. The fourth-order valence-electron chi connectivity index (χ4n) is 1.78. The summed E-state index contributed by atoms with van der Waals surface area (Å²) >= 11 is 2.17. The summed E-state index contributed by atoms with van der Waals surface area (Å²) in [7, 11) is 2.98. The van der Waals surface area contributed by atoms with E-state index < -0.39 is 5.97 Å². The highest BCUT2D eigenvalue weighted by Crippen LogP contribution is 2.24. The van der Waals surface area contributed by atoms with E-state index in [-0.39, 0.29) is 0 Å². The van der Waals surface area contributed by atoms with Crippen LogP contribution < -0.4 is 9.47 Å². The standard InChI is InChI=1S/C16H15IO4/c1-19-13-6-3-11(4-7-13)10-21-15-9-12(17)5-8-14(15)16(18)20-2/h3-9H,10H2,1-2H3. The Morgan fingerprint density at radius 1 is 1.10 bits per heavy atom. The van der Waals surface area contributed by atoms with E-state index in [2.05, 4.69) is 22.6 Å². The molecular formula is C16H15IO4. The van der Waals surface area contributed by atoms with Crippen molar-refractivity contribution in [1.29, 1.82) is 0 Å². The van der Waals surface area contributed by atoms with E-state index in [0.29, 0.717) is 17.9 Å². The van der Waals surface area contributed by atoms with Crippen LogP contribution in [0.25, 0.3) is 0 Å². The van der Waals surface area contributed by atoms with Crippen LogP contribution in [-0.2, 0) is 11.3 Å². The van der Waals surface area contributed by atoms with Gasteiger partial charge in [0.1, 0.15) is 23.7 Å². The molecule has 0 fully saturated rings. The molecule has 0 radical (unpaired) electrons. The number of esters is 1. The average molecular weight is 398 g/mol. The lowest BCUT2D eigenvalue weighted by molar-refractivity contribution is 0.0595. The normalized spacial score (nSPS) is 10.0. The molecule has 0 saturated carbocycles. The molecule has 21 heavy (non-hydrogen) atoms. The van der Waals surface area contributed by atoms with Gasteiger partial charge in [0.15, 0.2) is 0 Å². The predicted molar refractivity (Wildman–Crippen MR) is 87.8 cm³/mol. The Morgan fingerprint density at radius 2 is 1.81 bits per heavy atom. The van der Waals surface area contributed by atoms with E-state index in [1.165, 1.54) is 7.11 Å². The maximum atomic E-state index is 11.7. The number of benzene rings is 2. The first-order valence-corrected chi connectivity index (χ1v) is 7.35. The monoisotopic (exact) mass is 398 g/mol. The van der Waals surface area contributed by atoms with E-state index in [1.807, 2.05) is 36.4 Å². The molecule has 2 rings (SSSR count). The van der Waals surface area contributed by atoms with Gasteiger partial charge >= 0.3 is 5.97 Å². The van der Waals surface area contributed by atoms with Crippen molar-refractivity contribution in [3.63, 3.8) is 0 Å². The average Bonchev–Trinajstić information content (AvgIpc) is 2.52. The van der Waals surface area contributed by atoms with Gasteiger partial charge in [0.2, 0.25) is 0 Å². The lowest BCUT2D eigenvalue weighted by Crippen LogP contribution is -2.06. The number of carbonyl (C=O) groups is 1. The molecule has 4 nitrogen and oxygen atoms in total. The molecule has 0 heterocycles. The lowest BCUT2D eigenvalue weighted by Gasteiger charge is -2.11. The van der Waals surface area contributed by atoms with E-state index >= 15 is 0 Å². The highest BCUT2D eigenvalue weighted by Gasteiger charge is 2.13. The molecule has 5 heteroatoms. The number of hydrogen-bond acceptors (Lipinski definition) is 4. The van der Waals surface area contributed by atoms with Gasteiger partial charge in [0.05, 0.1) is 14.2 Å². The minimum atomic E-state index is -0.406. The minimum absolute atomic E-state index is 0.369. The summed E-state index contributed by atoms with van der Waals surface area (Å²) in [6.07, 6.45) is 0. The first kappa shape index (κ1) is 15.6. The third-order valence-corrected chi connectivity index (χ3v) is 3.57. The van der Waals surface area contributed by atoms with E-state index in [9.17, 15) is 4.79 Å². The van der Waals surface area contributed by atoms with Gasteiger partial charge in [-0.05, 0) is 58.5 Å². The fourth-order valence-corrected chi connectivity index (χ4v) is 2.24. The molecular weight excluding hydrogens is 383 g/mol. The van der Waals surface area contributed by atoms with E-state index in [1.54, 1.807) is 13.2 Å². The Kier molecular flexibility index (Phi) is 5.44. The van der Waals surface area contributed by atoms with Crippen molar-refractivity contribution < 1.29 is 19.0 Å². The number of carbonyl (C=O) groups excluding carboxylic acids is 1. The predicted octanol–water partition coefficient (Wildman–Crippen LogP) is 3.67. The summed E-state index contributed by atoms with van der Waals surface area (Å²) in [5.74, 6) is 0.906. The van der Waals surface area contributed by atoms with Gasteiger partial charge in [-0.15, -0.1) is 0 Å². The van der Waals surface area contributed by atoms with Crippen molar-refractivity contribution in [3.8, 4) is 11.5 Å². The number of halogens is 1. The molecule has 0 bridgehead atoms. The largest absolute Gasteiger partial charge is 0.497 e. The fraction of sp³-hybridized carbons (Fsp3) is 0.188. The number of rotatable bonds is 5. The van der Waals surface area contributed by atoms with Crippen molar-refractivity contribution in [3.05, 3.63) is 57.2 Å². The first-order chi connectivity index (χ1) is 10.1. The Hall–Kier alpha value is -1.76. The summed E-state index contributed by atoms with van der Waals surface area (Å²) in [6, 6.07) is 12.9. The van der Waals surface area contributed by atoms with Gasteiger partial charge in [0, 0.05) is 3.57 Å². The van der Waals surface area contributed by atoms with Crippen LogP contribution in [0.2, 0.25) is 0 Å². The second kappa shape index (κ2) is 7.31. The van der Waals surface area contributed by atoms with E-state index in [4.69, 9.17) is 14.2 Å². The van der Waals surface area contributed by atoms with Crippen LogP contribution in [0.15, 0.2) is 42.5 Å². The van der Waals surface area contributed by atoms with Crippen LogP contribution in [0.4, 0.5) is 0 Å². The number of methoxy groups -OCH3 is 2. The van der Waals surface area contributed by atoms with Crippen LogP contribution in [0.5, 0.6) is 11.5 Å². The molecule has 110 valence electrons. The Labute approximate surface area is 137 Å². The third kappa shape index (κ3) is 4.10. The highest BCUT2D eigenvalue weighted by molar-refractivity contribution is 14.1. The zero-order valence-corrected chi connectivity index (χ0v) is 13.9. The quantitative estimate of drug-likeness (QED) is 0.570. The zero-order chi connectivity index (χ0) is 15.2. The smallest absolute Gasteiger partial charge is 0.341 e. The zero-order valence-electron chi connectivity index (χ0n) is 11.8. The molecule has 0 aliphatic carbocycles. The van der Waals surface area contributed by atoms with Gasteiger partial charge in [0.25, 0.3) is 0 Å². The second-order valence-electron chi connectivity index (χ2n) is 4.27. The summed E-state index contributed by atoms with van der Waals surface area (Å²) < 4.78 is 16.6. The Bertz CT molecular complexity index is 623. The van der Waals surface area contributed by atoms with Gasteiger partial charge in [-0.2, -0.15) is 0 Å². The van der Waals surface area contributed by atoms with Crippen LogP contribution in [0.3, 0.4) is 0 Å². The molecule has 0 unspecified atom stereocenters. The third-order valence-electron chi connectivity index (χ3n) is 2.90. The first-order valence-electron chi connectivity index (χ1n) is 6.27. The molecule has 2 aromatic carbocycles. The molecule has 0 spiro atoms. The molecule has 0 aliphatic rings. The van der Waals surface area contributed by atoms with Crippen LogP contribution in [-0.4, -0.2) is 20.2 Å². The lowest BCUT2D eigenvalue weighted by atomic mass is 10.2. The minimum Gasteiger partial charge on any atom is -0.497 e.